The van der Waals surface area contributed by atoms with Gasteiger partial charge in [-0.1, -0.05) is 48.5 Å². The largest absolute Gasteiger partial charge is 0.493 e. The van der Waals surface area contributed by atoms with E-state index in [1.807, 2.05) is 104 Å². The molecule has 0 spiro atoms. The van der Waals surface area contributed by atoms with Crippen molar-refractivity contribution in [1.82, 2.24) is 14.7 Å². The van der Waals surface area contributed by atoms with Gasteiger partial charge in [-0.3, -0.25) is 4.79 Å². The Morgan fingerprint density at radius 2 is 1.54 bits per heavy atom. The predicted octanol–water partition coefficient (Wildman–Crippen LogP) is 6.42. The Morgan fingerprint density at radius 3 is 2.22 bits per heavy atom. The number of nitrogens with zero attached hydrogens (tertiary/aromatic N) is 3. The van der Waals surface area contributed by atoms with E-state index in [4.69, 9.17) is 19.0 Å². The van der Waals surface area contributed by atoms with Crippen LogP contribution in [0.3, 0.4) is 0 Å². The molecule has 0 fully saturated rings. The summed E-state index contributed by atoms with van der Waals surface area (Å²) >= 11 is 0. The van der Waals surface area contributed by atoms with E-state index in [1.54, 1.807) is 23.0 Å². The average molecular weight is 494 g/mol. The van der Waals surface area contributed by atoms with Crippen molar-refractivity contribution >= 4 is 5.91 Å². The number of methoxy groups -OCH3 is 1. The Kier molecular flexibility index (Phi) is 7.03. The van der Waals surface area contributed by atoms with Crippen LogP contribution < -0.4 is 9.47 Å². The second kappa shape index (κ2) is 10.9. The number of rotatable bonds is 9. The van der Waals surface area contributed by atoms with E-state index in [0.29, 0.717) is 35.2 Å². The highest BCUT2D eigenvalue weighted by Gasteiger charge is 2.25. The van der Waals surface area contributed by atoms with Crippen molar-refractivity contribution in [3.63, 3.8) is 0 Å². The van der Waals surface area contributed by atoms with Gasteiger partial charge in [0.1, 0.15) is 5.76 Å². The highest BCUT2D eigenvalue weighted by Crippen LogP contribution is 2.36. The molecule has 186 valence electrons. The molecule has 0 aliphatic heterocycles. The Balaban J connectivity index is 1.59. The maximum absolute atomic E-state index is 13.6. The van der Waals surface area contributed by atoms with Gasteiger partial charge in [-0.25, -0.2) is 4.68 Å². The van der Waals surface area contributed by atoms with Crippen LogP contribution in [0.2, 0.25) is 0 Å². The van der Waals surface area contributed by atoms with Crippen molar-refractivity contribution < 1.29 is 18.7 Å². The van der Waals surface area contributed by atoms with Gasteiger partial charge in [-0.2, -0.15) is 5.10 Å². The Hall–Kier alpha value is -4.78. The maximum Gasteiger partial charge on any atom is 0.254 e. The number of furan rings is 1. The molecular formula is C30H27N3O4. The zero-order valence-electron chi connectivity index (χ0n) is 20.7. The first-order chi connectivity index (χ1) is 18.1. The summed E-state index contributed by atoms with van der Waals surface area (Å²) in [6.07, 6.45) is 1.61. The molecule has 37 heavy (non-hydrogen) atoms. The third-order valence-electron chi connectivity index (χ3n) is 6.00. The summed E-state index contributed by atoms with van der Waals surface area (Å²) in [6.45, 7) is 2.48. The number of aromatic nitrogens is 2. The van der Waals surface area contributed by atoms with Gasteiger partial charge in [0.05, 0.1) is 43.4 Å². The molecule has 5 aromatic rings. The molecule has 0 unspecified atom stereocenters. The van der Waals surface area contributed by atoms with E-state index in [2.05, 4.69) is 0 Å². The van der Waals surface area contributed by atoms with Gasteiger partial charge < -0.3 is 18.8 Å². The first-order valence-corrected chi connectivity index (χ1v) is 12.0. The topological polar surface area (TPSA) is 69.7 Å². The van der Waals surface area contributed by atoms with Crippen LogP contribution in [0.25, 0.3) is 5.69 Å². The van der Waals surface area contributed by atoms with Crippen LogP contribution >= 0.6 is 0 Å². The molecule has 2 aromatic heterocycles. The third kappa shape index (κ3) is 5.26. The Labute approximate surface area is 215 Å². The molecule has 5 rings (SSSR count). The van der Waals surface area contributed by atoms with Crippen molar-refractivity contribution in [2.24, 2.45) is 0 Å². The number of benzene rings is 3. The molecule has 0 aliphatic rings. The fourth-order valence-corrected chi connectivity index (χ4v) is 4.12. The van der Waals surface area contributed by atoms with Crippen LogP contribution in [0, 0.1) is 6.92 Å². The Bertz CT molecular complexity index is 1460. The molecule has 0 radical (unpaired) electrons. The molecule has 0 aliphatic carbocycles. The molecule has 0 saturated heterocycles. The lowest BCUT2D eigenvalue weighted by atomic mass is 10.1. The zero-order chi connectivity index (χ0) is 25.6. The van der Waals surface area contributed by atoms with Crippen LogP contribution in [-0.2, 0) is 13.1 Å². The van der Waals surface area contributed by atoms with Crippen molar-refractivity contribution in [3.05, 3.63) is 126 Å². The molecular weight excluding hydrogens is 466 g/mol. The molecule has 7 heteroatoms. The fourth-order valence-electron chi connectivity index (χ4n) is 4.12. The minimum Gasteiger partial charge on any atom is -0.493 e. The molecule has 3 aromatic carbocycles. The van der Waals surface area contributed by atoms with E-state index in [1.165, 1.54) is 0 Å². The van der Waals surface area contributed by atoms with Gasteiger partial charge in [0, 0.05) is 5.56 Å². The summed E-state index contributed by atoms with van der Waals surface area (Å²) in [5.74, 6) is 2.23. The lowest BCUT2D eigenvalue weighted by molar-refractivity contribution is 0.0716. The lowest BCUT2D eigenvalue weighted by Crippen LogP contribution is -2.30. The van der Waals surface area contributed by atoms with Gasteiger partial charge in [-0.05, 0) is 55.5 Å². The van der Waals surface area contributed by atoms with Crippen LogP contribution in [0.4, 0.5) is 0 Å². The van der Waals surface area contributed by atoms with Gasteiger partial charge >= 0.3 is 0 Å². The third-order valence-corrected chi connectivity index (χ3v) is 6.00. The van der Waals surface area contributed by atoms with Crippen molar-refractivity contribution in [2.75, 3.05) is 7.11 Å². The SMILES string of the molecule is COc1ccccc1Oc1c(CN(Cc2ccco2)C(=O)c2ccccc2)c(C)nn1-c1ccccc1. The molecule has 0 saturated carbocycles. The normalized spacial score (nSPS) is 10.8. The first-order valence-electron chi connectivity index (χ1n) is 12.0. The van der Waals surface area contributed by atoms with Crippen molar-refractivity contribution in [3.8, 4) is 23.1 Å². The van der Waals surface area contributed by atoms with Crippen molar-refractivity contribution in [2.45, 2.75) is 20.0 Å². The second-order valence-corrected chi connectivity index (χ2v) is 8.48. The number of amides is 1. The quantitative estimate of drug-likeness (QED) is 0.237. The summed E-state index contributed by atoms with van der Waals surface area (Å²) < 4.78 is 19.3. The number of para-hydroxylation sites is 3. The molecule has 7 nitrogen and oxygen atoms in total. The number of carbonyl (C=O) groups excluding carboxylic acids is 1. The average Bonchev–Trinajstić information content (AvgIpc) is 3.57. The minimum atomic E-state index is -0.118. The number of aryl methyl sites for hydroxylation is 1. The summed E-state index contributed by atoms with van der Waals surface area (Å²) in [7, 11) is 1.60. The fraction of sp³-hybridized carbons (Fsp3) is 0.133. The van der Waals surface area contributed by atoms with Crippen LogP contribution in [0.5, 0.6) is 17.4 Å². The number of hydrogen-bond acceptors (Lipinski definition) is 5. The smallest absolute Gasteiger partial charge is 0.254 e. The van der Waals surface area contributed by atoms with Gasteiger partial charge in [0.15, 0.2) is 11.5 Å². The number of hydrogen-bond donors (Lipinski definition) is 0. The number of carbonyl (C=O) groups is 1. The van der Waals surface area contributed by atoms with E-state index in [9.17, 15) is 4.79 Å². The molecule has 2 heterocycles. The highest BCUT2D eigenvalue weighted by atomic mass is 16.5. The van der Waals surface area contributed by atoms with E-state index in [0.717, 1.165) is 16.9 Å². The minimum absolute atomic E-state index is 0.118. The van der Waals surface area contributed by atoms with E-state index >= 15 is 0 Å². The van der Waals surface area contributed by atoms with E-state index < -0.39 is 0 Å². The highest BCUT2D eigenvalue weighted by molar-refractivity contribution is 5.94. The van der Waals surface area contributed by atoms with Crippen LogP contribution in [0.15, 0.2) is 108 Å². The van der Waals surface area contributed by atoms with Crippen molar-refractivity contribution in [1.29, 1.82) is 0 Å². The molecule has 0 atom stereocenters. The lowest BCUT2D eigenvalue weighted by Gasteiger charge is -2.23. The van der Waals surface area contributed by atoms with Gasteiger partial charge in [-0.15, -0.1) is 0 Å². The number of ether oxygens (including phenoxy) is 2. The molecule has 0 N–H and O–H groups in total. The maximum atomic E-state index is 13.6. The van der Waals surface area contributed by atoms with Gasteiger partial charge in [0.25, 0.3) is 5.91 Å². The summed E-state index contributed by atoms with van der Waals surface area (Å²) in [5, 5.41) is 4.80. The van der Waals surface area contributed by atoms with Gasteiger partial charge in [0.2, 0.25) is 5.88 Å². The summed E-state index contributed by atoms with van der Waals surface area (Å²) in [4.78, 5) is 15.4. The monoisotopic (exact) mass is 493 g/mol. The van der Waals surface area contributed by atoms with E-state index in [-0.39, 0.29) is 12.5 Å². The van der Waals surface area contributed by atoms with Crippen LogP contribution in [-0.4, -0.2) is 27.7 Å². The summed E-state index contributed by atoms with van der Waals surface area (Å²) in [5.41, 5.74) is 2.97. The zero-order valence-corrected chi connectivity index (χ0v) is 20.7. The molecule has 1 amide bonds. The molecule has 0 bridgehead atoms. The second-order valence-electron chi connectivity index (χ2n) is 8.48. The first kappa shape index (κ1) is 23.9. The standard InChI is InChI=1S/C30H27N3O4/c1-22-26(21-32(20-25-16-11-19-36-25)29(34)23-12-5-3-6-13-23)30(33(31-22)24-14-7-4-8-15-24)37-28-18-10-9-17-27(28)35-2/h3-19H,20-21H2,1-2H3. The van der Waals surface area contributed by atoms with Crippen LogP contribution in [0.1, 0.15) is 27.4 Å². The Morgan fingerprint density at radius 1 is 0.865 bits per heavy atom. The predicted molar refractivity (Wildman–Crippen MR) is 140 cm³/mol. The summed E-state index contributed by atoms with van der Waals surface area (Å²) in [6, 6.07) is 30.1.